The second kappa shape index (κ2) is 8.37. The molecule has 1 aromatic heterocycles. The highest BCUT2D eigenvalue weighted by Crippen LogP contribution is 2.20. The maximum Gasteiger partial charge on any atom is 0.243 e. The molecule has 1 aliphatic rings. The first kappa shape index (κ1) is 21.3. The van der Waals surface area contributed by atoms with Gasteiger partial charge in [0.25, 0.3) is 0 Å². The van der Waals surface area contributed by atoms with Crippen LogP contribution < -0.4 is 4.72 Å². The van der Waals surface area contributed by atoms with Crippen molar-refractivity contribution in [3.63, 3.8) is 0 Å². The molecule has 150 valence electrons. The average molecular weight is 407 g/mol. The monoisotopic (exact) mass is 406 g/mol. The minimum Gasteiger partial charge on any atom is -0.271 e. The van der Waals surface area contributed by atoms with Gasteiger partial charge in [0.15, 0.2) is 0 Å². The minimum atomic E-state index is -3.79. The molecule has 0 aromatic carbocycles. The van der Waals surface area contributed by atoms with E-state index in [4.69, 9.17) is 0 Å². The van der Waals surface area contributed by atoms with E-state index in [0.717, 1.165) is 19.3 Å². The molecule has 1 fully saturated rings. The van der Waals surface area contributed by atoms with Crippen LogP contribution in [0.4, 0.5) is 0 Å². The fourth-order valence-electron chi connectivity index (χ4n) is 3.22. The third-order valence-corrected chi connectivity index (χ3v) is 8.04. The zero-order chi connectivity index (χ0) is 19.5. The maximum atomic E-state index is 12.5. The van der Waals surface area contributed by atoms with E-state index in [-0.39, 0.29) is 23.2 Å². The van der Waals surface area contributed by atoms with Crippen molar-refractivity contribution < 1.29 is 16.8 Å². The van der Waals surface area contributed by atoms with E-state index in [1.807, 2.05) is 20.8 Å². The summed E-state index contributed by atoms with van der Waals surface area (Å²) in [5.74, 6) is 0.102. The second-order valence-corrected chi connectivity index (χ2v) is 11.1. The summed E-state index contributed by atoms with van der Waals surface area (Å²) < 4.78 is 55.5. The molecule has 1 unspecified atom stereocenters. The Morgan fingerprint density at radius 3 is 2.58 bits per heavy atom. The summed E-state index contributed by atoms with van der Waals surface area (Å²) in [7, 11) is -7.26. The first-order valence-electron chi connectivity index (χ1n) is 9.06. The van der Waals surface area contributed by atoms with E-state index >= 15 is 0 Å². The number of piperidine rings is 1. The fraction of sp³-hybridized carbons (Fsp3) is 0.812. The molecule has 0 aliphatic carbocycles. The molecule has 1 N–H and O–H groups in total. The molecule has 0 radical (unpaired) electrons. The van der Waals surface area contributed by atoms with Crippen molar-refractivity contribution in [3.8, 4) is 0 Å². The summed E-state index contributed by atoms with van der Waals surface area (Å²) in [4.78, 5) is 0.0990. The predicted molar refractivity (Wildman–Crippen MR) is 101 cm³/mol. The SMILES string of the molecule is Cc1nn(CC(C)C)cc1S(=O)(=O)NCCS(=O)(=O)N1CCCCC1C. The van der Waals surface area contributed by atoms with E-state index in [2.05, 4.69) is 9.82 Å². The molecular formula is C16H30N4O4S2. The van der Waals surface area contributed by atoms with Gasteiger partial charge in [-0.15, -0.1) is 0 Å². The lowest BCUT2D eigenvalue weighted by atomic mass is 10.1. The lowest BCUT2D eigenvalue weighted by Gasteiger charge is -2.32. The molecule has 10 heteroatoms. The maximum absolute atomic E-state index is 12.5. The van der Waals surface area contributed by atoms with Crippen LogP contribution in [-0.4, -0.2) is 55.8 Å². The summed E-state index contributed by atoms with van der Waals surface area (Å²) in [6.07, 6.45) is 4.22. The molecule has 1 atom stereocenters. The lowest BCUT2D eigenvalue weighted by molar-refractivity contribution is 0.269. The van der Waals surface area contributed by atoms with Crippen molar-refractivity contribution in [1.29, 1.82) is 0 Å². The summed E-state index contributed by atoms with van der Waals surface area (Å²) in [5.41, 5.74) is 0.408. The van der Waals surface area contributed by atoms with Crippen LogP contribution in [-0.2, 0) is 26.6 Å². The Kier molecular flexibility index (Phi) is 6.86. The number of rotatable bonds is 8. The van der Waals surface area contributed by atoms with E-state index in [1.54, 1.807) is 11.6 Å². The van der Waals surface area contributed by atoms with Crippen molar-refractivity contribution in [3.05, 3.63) is 11.9 Å². The molecule has 0 amide bonds. The van der Waals surface area contributed by atoms with Crippen LogP contribution in [0.2, 0.25) is 0 Å². The van der Waals surface area contributed by atoms with Crippen LogP contribution in [0.1, 0.15) is 45.7 Å². The van der Waals surface area contributed by atoms with Gasteiger partial charge in [0, 0.05) is 31.9 Å². The Labute approximate surface area is 157 Å². The molecule has 26 heavy (non-hydrogen) atoms. The van der Waals surface area contributed by atoms with E-state index in [0.29, 0.717) is 24.7 Å². The van der Waals surface area contributed by atoms with Crippen LogP contribution >= 0.6 is 0 Å². The molecule has 0 bridgehead atoms. The molecule has 1 saturated heterocycles. The summed E-state index contributed by atoms with van der Waals surface area (Å²) in [5, 5.41) is 4.23. The van der Waals surface area contributed by atoms with Crippen molar-refractivity contribution in [2.75, 3.05) is 18.8 Å². The normalized spacial score (nSPS) is 20.0. The molecule has 0 saturated carbocycles. The van der Waals surface area contributed by atoms with Crippen LogP contribution in [0.25, 0.3) is 0 Å². The highest BCUT2D eigenvalue weighted by atomic mass is 32.2. The zero-order valence-corrected chi connectivity index (χ0v) is 17.6. The van der Waals surface area contributed by atoms with Gasteiger partial charge in [-0.1, -0.05) is 20.3 Å². The average Bonchev–Trinajstić information content (AvgIpc) is 2.87. The van der Waals surface area contributed by atoms with Gasteiger partial charge < -0.3 is 0 Å². The number of hydrogen-bond donors (Lipinski definition) is 1. The first-order valence-corrected chi connectivity index (χ1v) is 12.2. The van der Waals surface area contributed by atoms with E-state index in [9.17, 15) is 16.8 Å². The van der Waals surface area contributed by atoms with Gasteiger partial charge in [-0.2, -0.15) is 9.40 Å². The van der Waals surface area contributed by atoms with Crippen LogP contribution in [0.5, 0.6) is 0 Å². The van der Waals surface area contributed by atoms with Gasteiger partial charge in [0.2, 0.25) is 20.0 Å². The number of sulfonamides is 2. The minimum absolute atomic E-state index is 0.0260. The van der Waals surface area contributed by atoms with Crippen molar-refractivity contribution in [1.82, 2.24) is 18.8 Å². The fourth-order valence-corrected chi connectivity index (χ4v) is 6.22. The van der Waals surface area contributed by atoms with Crippen LogP contribution in [0, 0.1) is 12.8 Å². The standard InChI is InChI=1S/C16H30N4O4S2/c1-13(2)11-19-12-16(15(4)18-19)26(23,24)17-8-10-25(21,22)20-9-6-5-7-14(20)3/h12-14,17H,5-11H2,1-4H3. The Hall–Kier alpha value is -0.970. The lowest BCUT2D eigenvalue weighted by Crippen LogP contribution is -2.45. The summed E-state index contributed by atoms with van der Waals surface area (Å²) >= 11 is 0. The van der Waals surface area contributed by atoms with Gasteiger partial charge in [-0.3, -0.25) is 4.68 Å². The van der Waals surface area contributed by atoms with Crippen LogP contribution in [0.15, 0.2) is 11.1 Å². The van der Waals surface area contributed by atoms with Crippen molar-refractivity contribution in [2.45, 2.75) is 64.4 Å². The number of hydrogen-bond acceptors (Lipinski definition) is 5. The summed E-state index contributed by atoms with van der Waals surface area (Å²) in [6, 6.07) is -0.0260. The zero-order valence-electron chi connectivity index (χ0n) is 16.0. The molecule has 0 spiro atoms. The van der Waals surface area contributed by atoms with Crippen molar-refractivity contribution in [2.24, 2.45) is 5.92 Å². The number of aryl methyl sites for hydroxylation is 1. The van der Waals surface area contributed by atoms with Crippen LogP contribution in [0.3, 0.4) is 0 Å². The molecular weight excluding hydrogens is 376 g/mol. The Bertz CT molecular complexity index is 815. The molecule has 1 aliphatic heterocycles. The molecule has 1 aromatic rings. The highest BCUT2D eigenvalue weighted by Gasteiger charge is 2.30. The number of aromatic nitrogens is 2. The first-order chi connectivity index (χ1) is 12.0. The predicted octanol–water partition coefficient (Wildman–Crippen LogP) is 1.33. The summed E-state index contributed by atoms with van der Waals surface area (Å²) in [6.45, 7) is 8.56. The Morgan fingerprint density at radius 2 is 1.96 bits per heavy atom. The molecule has 8 nitrogen and oxygen atoms in total. The topological polar surface area (TPSA) is 101 Å². The third-order valence-electron chi connectivity index (χ3n) is 4.49. The smallest absolute Gasteiger partial charge is 0.243 e. The van der Waals surface area contributed by atoms with Crippen molar-refractivity contribution >= 4 is 20.0 Å². The van der Waals surface area contributed by atoms with Gasteiger partial charge >= 0.3 is 0 Å². The second-order valence-electron chi connectivity index (χ2n) is 7.36. The van der Waals surface area contributed by atoms with Gasteiger partial charge in [-0.25, -0.2) is 21.6 Å². The van der Waals surface area contributed by atoms with Gasteiger partial charge in [0.1, 0.15) is 4.90 Å². The Morgan fingerprint density at radius 1 is 1.27 bits per heavy atom. The molecule has 2 rings (SSSR count). The van der Waals surface area contributed by atoms with Gasteiger partial charge in [0.05, 0.1) is 11.4 Å². The highest BCUT2D eigenvalue weighted by molar-refractivity contribution is 7.90. The van der Waals surface area contributed by atoms with E-state index in [1.165, 1.54) is 10.5 Å². The molecule has 2 heterocycles. The quantitative estimate of drug-likeness (QED) is 0.702. The van der Waals surface area contributed by atoms with Gasteiger partial charge in [-0.05, 0) is 32.6 Å². The third kappa shape index (κ3) is 5.28. The Balaban J connectivity index is 2.01. The van der Waals surface area contributed by atoms with E-state index < -0.39 is 20.0 Å². The number of nitrogens with one attached hydrogen (secondary N) is 1. The number of nitrogens with zero attached hydrogens (tertiary/aromatic N) is 3. The largest absolute Gasteiger partial charge is 0.271 e.